The number of benzene rings is 1. The van der Waals surface area contributed by atoms with Crippen molar-refractivity contribution in [3.8, 4) is 0 Å². The molecule has 0 radical (unpaired) electrons. The molecule has 124 valence electrons. The van der Waals surface area contributed by atoms with E-state index in [1.165, 1.54) is 0 Å². The van der Waals surface area contributed by atoms with E-state index < -0.39 is 7.12 Å². The summed E-state index contributed by atoms with van der Waals surface area (Å²) in [6.07, 6.45) is 2.91. The molecule has 1 aromatic carbocycles. The van der Waals surface area contributed by atoms with E-state index in [0.717, 1.165) is 22.9 Å². The zero-order valence-corrected chi connectivity index (χ0v) is 14.9. The van der Waals surface area contributed by atoms with Crippen LogP contribution in [0.15, 0.2) is 23.7 Å². The quantitative estimate of drug-likeness (QED) is 0.670. The van der Waals surface area contributed by atoms with E-state index >= 15 is 0 Å². The van der Waals surface area contributed by atoms with Crippen molar-refractivity contribution in [2.45, 2.75) is 45.8 Å². The van der Waals surface area contributed by atoms with E-state index in [1.54, 1.807) is 0 Å². The average molecular weight is 315 g/mol. The lowest BCUT2D eigenvalue weighted by molar-refractivity contribution is 0.00578. The summed E-state index contributed by atoms with van der Waals surface area (Å²) in [6, 6.07) is 5.80. The number of hydrogen-bond acceptors (Lipinski definition) is 4. The smallest absolute Gasteiger partial charge is 0.400 e. The van der Waals surface area contributed by atoms with Gasteiger partial charge in [0.15, 0.2) is 0 Å². The molecular weight excluding hydrogens is 289 g/mol. The first kappa shape index (κ1) is 17.9. The van der Waals surface area contributed by atoms with E-state index in [4.69, 9.17) is 9.31 Å². The van der Waals surface area contributed by atoms with Gasteiger partial charge in [-0.15, -0.1) is 0 Å². The van der Waals surface area contributed by atoms with Crippen molar-refractivity contribution < 1.29 is 14.1 Å². The highest BCUT2D eigenvalue weighted by atomic mass is 16.7. The first-order valence-corrected chi connectivity index (χ1v) is 7.96. The number of rotatable bonds is 5. The third-order valence-electron chi connectivity index (χ3n) is 4.55. The Morgan fingerprint density at radius 2 is 1.70 bits per heavy atom. The van der Waals surface area contributed by atoms with Crippen molar-refractivity contribution in [1.82, 2.24) is 5.32 Å². The molecule has 1 N–H and O–H groups in total. The highest BCUT2D eigenvalue weighted by Crippen LogP contribution is 2.38. The van der Waals surface area contributed by atoms with Crippen LogP contribution in [-0.4, -0.2) is 38.2 Å². The van der Waals surface area contributed by atoms with Crippen LogP contribution in [0.5, 0.6) is 0 Å². The van der Waals surface area contributed by atoms with Crippen LogP contribution in [0.2, 0.25) is 0 Å². The summed E-state index contributed by atoms with van der Waals surface area (Å²) in [4.78, 5) is 11.1. The van der Waals surface area contributed by atoms with E-state index in [0.29, 0.717) is 12.1 Å². The third-order valence-corrected chi connectivity index (χ3v) is 4.55. The van der Waals surface area contributed by atoms with Gasteiger partial charge in [0, 0.05) is 12.1 Å². The lowest BCUT2D eigenvalue weighted by Gasteiger charge is -2.32. The van der Waals surface area contributed by atoms with Crippen LogP contribution in [0.4, 0.5) is 0 Å². The van der Waals surface area contributed by atoms with Crippen LogP contribution in [0, 0.1) is 6.92 Å². The standard InChI is InChI=1S/C18H26BNO3/c1-13-7-14(9-15(8-13)12-21)10-16(11-20-6)19-22-17(2,3)18(4,5)23-19/h7-10,12,20H,11H2,1-6H3. The van der Waals surface area contributed by atoms with Crippen molar-refractivity contribution >= 4 is 19.5 Å². The maximum Gasteiger partial charge on any atom is 0.491 e. The molecule has 1 aliphatic rings. The normalized spacial score (nSPS) is 19.9. The van der Waals surface area contributed by atoms with E-state index in [1.807, 2.05) is 65.9 Å². The predicted molar refractivity (Wildman–Crippen MR) is 94.6 cm³/mol. The summed E-state index contributed by atoms with van der Waals surface area (Å²) in [5.74, 6) is 0. The molecule has 0 saturated carbocycles. The number of likely N-dealkylation sites (N-methyl/N-ethyl adjacent to an activating group) is 1. The average Bonchev–Trinajstić information content (AvgIpc) is 2.66. The Morgan fingerprint density at radius 1 is 1.13 bits per heavy atom. The second-order valence-corrected chi connectivity index (χ2v) is 7.13. The molecule has 0 spiro atoms. The molecule has 1 saturated heterocycles. The molecular formula is C18H26BNO3. The van der Waals surface area contributed by atoms with E-state index in [2.05, 4.69) is 5.32 Å². The molecule has 2 rings (SSSR count). The molecule has 1 aliphatic heterocycles. The van der Waals surface area contributed by atoms with Crippen LogP contribution < -0.4 is 5.32 Å². The summed E-state index contributed by atoms with van der Waals surface area (Å²) in [7, 11) is 1.50. The van der Waals surface area contributed by atoms with Gasteiger partial charge < -0.3 is 14.6 Å². The molecule has 0 unspecified atom stereocenters. The number of nitrogens with one attached hydrogen (secondary N) is 1. The molecule has 0 aliphatic carbocycles. The van der Waals surface area contributed by atoms with Gasteiger partial charge in [0.25, 0.3) is 0 Å². The topological polar surface area (TPSA) is 47.6 Å². The van der Waals surface area contributed by atoms with Gasteiger partial charge in [0.2, 0.25) is 0 Å². The Kier molecular flexibility index (Phi) is 5.14. The third kappa shape index (κ3) is 3.92. The van der Waals surface area contributed by atoms with Crippen LogP contribution in [0.25, 0.3) is 6.08 Å². The number of carbonyl (C=O) groups is 1. The summed E-state index contributed by atoms with van der Waals surface area (Å²) in [5, 5.41) is 3.17. The van der Waals surface area contributed by atoms with Gasteiger partial charge in [-0.3, -0.25) is 4.79 Å². The van der Waals surface area contributed by atoms with Gasteiger partial charge in [-0.1, -0.05) is 12.1 Å². The summed E-state index contributed by atoms with van der Waals surface area (Å²) in [5.41, 5.74) is 2.98. The molecule has 1 aromatic rings. The number of hydrogen-bond donors (Lipinski definition) is 1. The summed E-state index contributed by atoms with van der Waals surface area (Å²) in [6.45, 7) is 10.8. The first-order valence-electron chi connectivity index (χ1n) is 7.96. The Morgan fingerprint density at radius 3 is 2.22 bits per heavy atom. The van der Waals surface area contributed by atoms with Gasteiger partial charge in [0.05, 0.1) is 11.2 Å². The van der Waals surface area contributed by atoms with Gasteiger partial charge in [0.1, 0.15) is 6.29 Å². The van der Waals surface area contributed by atoms with E-state index in [-0.39, 0.29) is 11.2 Å². The molecule has 1 fully saturated rings. The second kappa shape index (κ2) is 6.60. The van der Waals surface area contributed by atoms with Crippen LogP contribution in [-0.2, 0) is 9.31 Å². The first-order chi connectivity index (χ1) is 10.7. The number of aryl methyl sites for hydroxylation is 1. The zero-order chi connectivity index (χ0) is 17.3. The van der Waals surface area contributed by atoms with Gasteiger partial charge in [-0.05, 0) is 70.4 Å². The highest BCUT2D eigenvalue weighted by molar-refractivity contribution is 6.55. The number of carbonyl (C=O) groups excluding carboxylic acids is 1. The zero-order valence-electron chi connectivity index (χ0n) is 14.9. The lowest BCUT2D eigenvalue weighted by atomic mass is 9.77. The second-order valence-electron chi connectivity index (χ2n) is 7.13. The molecule has 0 bridgehead atoms. The molecule has 0 atom stereocenters. The fraction of sp³-hybridized carbons (Fsp3) is 0.500. The molecule has 0 amide bonds. The Labute approximate surface area is 139 Å². The Bertz CT molecular complexity index is 607. The van der Waals surface area contributed by atoms with Crippen molar-refractivity contribution in [1.29, 1.82) is 0 Å². The minimum Gasteiger partial charge on any atom is -0.400 e. The Balaban J connectivity index is 2.36. The SMILES string of the molecule is CNCC(=Cc1cc(C)cc(C=O)c1)B1OC(C)(C)C(C)(C)O1. The minimum absolute atomic E-state index is 0.370. The van der Waals surface area contributed by atoms with E-state index in [9.17, 15) is 4.79 Å². The maximum atomic E-state index is 11.1. The lowest BCUT2D eigenvalue weighted by Crippen LogP contribution is -2.41. The van der Waals surface area contributed by atoms with Gasteiger partial charge >= 0.3 is 7.12 Å². The molecule has 23 heavy (non-hydrogen) atoms. The van der Waals surface area contributed by atoms with Crippen molar-refractivity contribution in [2.24, 2.45) is 0 Å². The molecule has 0 aromatic heterocycles. The molecule has 1 heterocycles. The fourth-order valence-electron chi connectivity index (χ4n) is 2.61. The van der Waals surface area contributed by atoms with Crippen LogP contribution >= 0.6 is 0 Å². The van der Waals surface area contributed by atoms with Crippen LogP contribution in [0.3, 0.4) is 0 Å². The fourth-order valence-corrected chi connectivity index (χ4v) is 2.61. The van der Waals surface area contributed by atoms with Crippen molar-refractivity contribution in [3.05, 3.63) is 40.4 Å². The van der Waals surface area contributed by atoms with Crippen molar-refractivity contribution in [3.63, 3.8) is 0 Å². The summed E-state index contributed by atoms with van der Waals surface area (Å²) < 4.78 is 12.3. The molecule has 5 heteroatoms. The maximum absolute atomic E-state index is 11.1. The monoisotopic (exact) mass is 315 g/mol. The molecule has 4 nitrogen and oxygen atoms in total. The number of aldehydes is 1. The largest absolute Gasteiger partial charge is 0.491 e. The van der Waals surface area contributed by atoms with Gasteiger partial charge in [-0.25, -0.2) is 0 Å². The Hall–Kier alpha value is -1.43. The van der Waals surface area contributed by atoms with Crippen molar-refractivity contribution in [2.75, 3.05) is 13.6 Å². The van der Waals surface area contributed by atoms with Crippen LogP contribution in [0.1, 0.15) is 49.2 Å². The highest BCUT2D eigenvalue weighted by Gasteiger charge is 2.52. The predicted octanol–water partition coefficient (Wildman–Crippen LogP) is 3.04. The minimum atomic E-state index is -0.396. The van der Waals surface area contributed by atoms with Gasteiger partial charge in [-0.2, -0.15) is 0 Å². The summed E-state index contributed by atoms with van der Waals surface area (Å²) >= 11 is 0.